The van der Waals surface area contributed by atoms with Crippen LogP contribution < -0.4 is 0 Å². The molecule has 1 heterocycles. The van der Waals surface area contributed by atoms with E-state index in [1.807, 2.05) is 0 Å². The number of halogens is 7. The first kappa shape index (κ1) is 25.6. The summed E-state index contributed by atoms with van der Waals surface area (Å²) in [4.78, 5) is 0. The van der Waals surface area contributed by atoms with Crippen LogP contribution >= 0.6 is 0 Å². The van der Waals surface area contributed by atoms with Crippen LogP contribution in [0.2, 0.25) is 0 Å². The topological polar surface area (TPSA) is 9.23 Å². The Morgan fingerprint density at radius 2 is 1.69 bits per heavy atom. The minimum atomic E-state index is -4.91. The van der Waals surface area contributed by atoms with E-state index >= 15 is 8.78 Å². The van der Waals surface area contributed by atoms with E-state index in [9.17, 15) is 22.0 Å². The van der Waals surface area contributed by atoms with E-state index < -0.39 is 40.9 Å². The maximum Gasteiger partial charge on any atom is 0.458 e. The lowest BCUT2D eigenvalue weighted by Crippen LogP contribution is -2.33. The van der Waals surface area contributed by atoms with E-state index in [0.717, 1.165) is 62.5 Å². The lowest BCUT2D eigenvalue weighted by Gasteiger charge is -2.37. The van der Waals surface area contributed by atoms with Gasteiger partial charge in [-0.3, -0.25) is 0 Å². The Balaban J connectivity index is 1.52. The minimum Gasteiger partial charge on any atom is -0.378 e. The average Bonchev–Trinajstić information content (AvgIpc) is 2.82. The molecular formula is C27H25F7O. The number of fused-ring (bicyclic) bond motifs is 1. The Labute approximate surface area is 199 Å². The summed E-state index contributed by atoms with van der Waals surface area (Å²) < 4.78 is 102. The van der Waals surface area contributed by atoms with Gasteiger partial charge in [-0.1, -0.05) is 25.0 Å². The fraction of sp³-hybridized carbons (Fsp3) is 0.481. The number of alkyl halides is 3. The summed E-state index contributed by atoms with van der Waals surface area (Å²) in [5.74, 6) is -2.00. The van der Waals surface area contributed by atoms with Gasteiger partial charge in [0.2, 0.25) is 0 Å². The largest absolute Gasteiger partial charge is 0.458 e. The van der Waals surface area contributed by atoms with Crippen molar-refractivity contribution in [3.05, 3.63) is 52.9 Å². The molecule has 0 radical (unpaired) electrons. The first-order chi connectivity index (χ1) is 16.5. The highest BCUT2D eigenvalue weighted by atomic mass is 19.4. The monoisotopic (exact) mass is 498 g/mol. The van der Waals surface area contributed by atoms with Crippen molar-refractivity contribution < 1.29 is 35.5 Å². The number of hydrogen-bond acceptors (Lipinski definition) is 1. The van der Waals surface area contributed by atoms with Crippen LogP contribution in [0.1, 0.15) is 56.6 Å². The zero-order chi connectivity index (χ0) is 25.3. The predicted molar refractivity (Wildman–Crippen MR) is 120 cm³/mol. The predicted octanol–water partition coefficient (Wildman–Crippen LogP) is 8.26. The van der Waals surface area contributed by atoms with Crippen LogP contribution in [0.25, 0.3) is 16.6 Å². The number of allylic oxidation sites excluding steroid dienone is 1. The SMILES string of the molecule is CC1CCC(C2CCC(/C(F)=C(\F)c3ccc4c(F)c(C#CC(F)(F)F)c(F)cc4c3)CC2)OC1. The Morgan fingerprint density at radius 3 is 2.31 bits per heavy atom. The van der Waals surface area contributed by atoms with Crippen molar-refractivity contribution >= 4 is 16.6 Å². The van der Waals surface area contributed by atoms with Crippen LogP contribution in [0.5, 0.6) is 0 Å². The number of benzene rings is 2. The average molecular weight is 498 g/mol. The first-order valence-electron chi connectivity index (χ1n) is 11.7. The number of hydrogen-bond donors (Lipinski definition) is 0. The lowest BCUT2D eigenvalue weighted by molar-refractivity contribution is -0.0696. The molecule has 4 rings (SSSR count). The van der Waals surface area contributed by atoms with E-state index in [2.05, 4.69) is 6.92 Å². The van der Waals surface area contributed by atoms with Crippen LogP contribution in [0.3, 0.4) is 0 Å². The van der Waals surface area contributed by atoms with Crippen LogP contribution in [0.15, 0.2) is 30.1 Å². The third-order valence-electron chi connectivity index (χ3n) is 7.02. The highest BCUT2D eigenvalue weighted by Crippen LogP contribution is 2.41. The van der Waals surface area contributed by atoms with E-state index in [1.165, 1.54) is 5.92 Å². The molecule has 0 N–H and O–H groups in total. The first-order valence-corrected chi connectivity index (χ1v) is 11.7. The van der Waals surface area contributed by atoms with Crippen molar-refractivity contribution in [2.24, 2.45) is 17.8 Å². The van der Waals surface area contributed by atoms with Gasteiger partial charge in [0, 0.05) is 29.4 Å². The van der Waals surface area contributed by atoms with E-state index in [0.29, 0.717) is 24.7 Å². The summed E-state index contributed by atoms with van der Waals surface area (Å²) in [6.45, 7) is 2.87. The molecule has 2 unspecified atom stereocenters. The van der Waals surface area contributed by atoms with Crippen molar-refractivity contribution in [1.29, 1.82) is 0 Å². The molecule has 1 aliphatic heterocycles. The highest BCUT2D eigenvalue weighted by molar-refractivity contribution is 5.87. The summed E-state index contributed by atoms with van der Waals surface area (Å²) >= 11 is 0. The summed E-state index contributed by atoms with van der Waals surface area (Å²) in [5, 5.41) is -0.345. The Hall–Kier alpha value is -2.53. The van der Waals surface area contributed by atoms with Crippen molar-refractivity contribution in [1.82, 2.24) is 0 Å². The van der Waals surface area contributed by atoms with Crippen LogP contribution in [0.4, 0.5) is 30.7 Å². The summed E-state index contributed by atoms with van der Waals surface area (Å²) in [5.41, 5.74) is -1.22. The molecule has 2 aliphatic rings. The van der Waals surface area contributed by atoms with Crippen molar-refractivity contribution in [3.8, 4) is 11.8 Å². The molecular weight excluding hydrogens is 473 g/mol. The van der Waals surface area contributed by atoms with Crippen LogP contribution in [-0.2, 0) is 4.74 Å². The Kier molecular flexibility index (Phi) is 7.46. The smallest absolute Gasteiger partial charge is 0.378 e. The molecule has 188 valence electrons. The second-order valence-corrected chi connectivity index (χ2v) is 9.56. The number of ether oxygens (including phenoxy) is 1. The zero-order valence-corrected chi connectivity index (χ0v) is 19.1. The fourth-order valence-electron chi connectivity index (χ4n) is 5.05. The molecule has 35 heavy (non-hydrogen) atoms. The normalized spacial score (nSPS) is 26.2. The van der Waals surface area contributed by atoms with Crippen LogP contribution in [0, 0.1) is 41.2 Å². The number of rotatable bonds is 3. The van der Waals surface area contributed by atoms with Crippen LogP contribution in [-0.4, -0.2) is 18.9 Å². The molecule has 1 saturated carbocycles. The van der Waals surface area contributed by atoms with Crippen molar-refractivity contribution in [2.75, 3.05) is 6.61 Å². The fourth-order valence-corrected chi connectivity index (χ4v) is 5.05. The van der Waals surface area contributed by atoms with E-state index in [1.54, 1.807) is 0 Å². The second kappa shape index (κ2) is 10.2. The molecule has 1 aliphatic carbocycles. The van der Waals surface area contributed by atoms with Gasteiger partial charge in [-0.25, -0.2) is 17.6 Å². The molecule has 2 aromatic carbocycles. The summed E-state index contributed by atoms with van der Waals surface area (Å²) in [6, 6.07) is 4.06. The van der Waals surface area contributed by atoms with E-state index in [-0.39, 0.29) is 22.4 Å². The summed E-state index contributed by atoms with van der Waals surface area (Å²) in [7, 11) is 0. The van der Waals surface area contributed by atoms with Crippen molar-refractivity contribution in [2.45, 2.75) is 57.7 Å². The molecule has 1 nitrogen and oxygen atoms in total. The lowest BCUT2D eigenvalue weighted by atomic mass is 9.76. The summed E-state index contributed by atoms with van der Waals surface area (Å²) in [6.07, 6.45) is -0.219. The maximum atomic E-state index is 15.0. The van der Waals surface area contributed by atoms with Crippen molar-refractivity contribution in [3.63, 3.8) is 0 Å². The minimum absolute atomic E-state index is 0.106. The van der Waals surface area contributed by atoms with Gasteiger partial charge in [0.05, 0.1) is 11.7 Å². The highest BCUT2D eigenvalue weighted by Gasteiger charge is 2.33. The third kappa shape index (κ3) is 5.83. The molecule has 2 aromatic rings. The van der Waals surface area contributed by atoms with Gasteiger partial charge in [0.25, 0.3) is 0 Å². The Bertz CT molecular complexity index is 1170. The third-order valence-corrected chi connectivity index (χ3v) is 7.02. The van der Waals surface area contributed by atoms with Gasteiger partial charge in [-0.15, -0.1) is 0 Å². The molecule has 2 atom stereocenters. The molecule has 1 saturated heterocycles. The quantitative estimate of drug-likeness (QED) is 0.306. The molecule has 0 aromatic heterocycles. The standard InChI is InChI=1S/C27H25F7O/c1-15-2-9-23(35-14-15)16-3-5-17(6-4-16)24(29)25(30)18-7-8-20-19(12-18)13-22(28)21(26(20)31)10-11-27(32,33)34/h7-8,12-13,15-17,23H,2-6,9,14H2,1H3/b25-24+. The van der Waals surface area contributed by atoms with Gasteiger partial charge in [-0.2, -0.15) is 13.2 Å². The molecule has 0 bridgehead atoms. The molecule has 8 heteroatoms. The van der Waals surface area contributed by atoms with Gasteiger partial charge in [0.1, 0.15) is 17.5 Å². The van der Waals surface area contributed by atoms with Gasteiger partial charge >= 0.3 is 6.18 Å². The maximum absolute atomic E-state index is 15.0. The van der Waals surface area contributed by atoms with Gasteiger partial charge in [-0.05, 0) is 67.9 Å². The zero-order valence-electron chi connectivity index (χ0n) is 19.1. The molecule has 2 fully saturated rings. The molecule has 0 spiro atoms. The van der Waals surface area contributed by atoms with Gasteiger partial charge < -0.3 is 4.74 Å². The van der Waals surface area contributed by atoms with Gasteiger partial charge in [0.15, 0.2) is 5.83 Å². The Morgan fingerprint density at radius 1 is 0.971 bits per heavy atom. The second-order valence-electron chi connectivity index (χ2n) is 9.56. The van der Waals surface area contributed by atoms with E-state index in [4.69, 9.17) is 4.74 Å². The molecule has 0 amide bonds.